The Morgan fingerprint density at radius 2 is 1.74 bits per heavy atom. The van der Waals surface area contributed by atoms with Gasteiger partial charge in [0.2, 0.25) is 5.91 Å². The van der Waals surface area contributed by atoms with Crippen LogP contribution in [0.3, 0.4) is 0 Å². The highest BCUT2D eigenvalue weighted by Crippen LogP contribution is 2.32. The van der Waals surface area contributed by atoms with E-state index in [1.54, 1.807) is 0 Å². The molecule has 0 spiro atoms. The minimum Gasteiger partial charge on any atom is -0.340 e. The van der Waals surface area contributed by atoms with Crippen LogP contribution in [0.5, 0.6) is 0 Å². The summed E-state index contributed by atoms with van der Waals surface area (Å²) in [5.41, 5.74) is 1.45. The molecule has 1 N–H and O–H groups in total. The molecule has 1 saturated carbocycles. The SMILES string of the molecule is O=C(C1CC1)N1CCN(C2CCNCC2c2ccccc2)CC1. The number of carbonyl (C=O) groups is 1. The van der Waals surface area contributed by atoms with E-state index in [1.807, 2.05) is 0 Å². The lowest BCUT2D eigenvalue weighted by Crippen LogP contribution is -2.56. The molecule has 2 unspecified atom stereocenters. The molecular weight excluding hydrogens is 286 g/mol. The number of hydrogen-bond donors (Lipinski definition) is 1. The monoisotopic (exact) mass is 313 g/mol. The lowest BCUT2D eigenvalue weighted by atomic mass is 9.85. The minimum atomic E-state index is 0.359. The number of piperazine rings is 1. The standard InChI is InChI=1S/C19H27N3O/c23-19(16-6-7-16)22-12-10-21(11-13-22)18-8-9-20-14-17(18)15-4-2-1-3-5-15/h1-5,16-18,20H,6-14H2. The van der Waals surface area contributed by atoms with E-state index in [1.165, 1.54) is 12.0 Å². The zero-order chi connectivity index (χ0) is 15.6. The normalized spacial score (nSPS) is 29.5. The van der Waals surface area contributed by atoms with Crippen molar-refractivity contribution in [2.24, 2.45) is 5.92 Å². The lowest BCUT2D eigenvalue weighted by molar-refractivity contribution is -0.134. The molecule has 3 fully saturated rings. The van der Waals surface area contributed by atoms with E-state index >= 15 is 0 Å². The van der Waals surface area contributed by atoms with Gasteiger partial charge in [0, 0.05) is 50.6 Å². The molecule has 4 heteroatoms. The largest absolute Gasteiger partial charge is 0.340 e. The van der Waals surface area contributed by atoms with Crippen molar-refractivity contribution in [3.05, 3.63) is 35.9 Å². The highest BCUT2D eigenvalue weighted by atomic mass is 16.2. The van der Waals surface area contributed by atoms with Gasteiger partial charge in [-0.05, 0) is 31.4 Å². The first-order valence-corrected chi connectivity index (χ1v) is 9.11. The third-order valence-electron chi connectivity index (χ3n) is 5.69. The fourth-order valence-corrected chi connectivity index (χ4v) is 4.18. The molecule has 4 nitrogen and oxygen atoms in total. The number of carbonyl (C=O) groups excluding carboxylic acids is 1. The number of nitrogens with one attached hydrogen (secondary N) is 1. The Balaban J connectivity index is 1.41. The Morgan fingerprint density at radius 1 is 1.00 bits per heavy atom. The van der Waals surface area contributed by atoms with E-state index in [0.29, 0.717) is 23.8 Å². The van der Waals surface area contributed by atoms with Crippen molar-refractivity contribution in [1.82, 2.24) is 15.1 Å². The van der Waals surface area contributed by atoms with Crippen molar-refractivity contribution in [2.75, 3.05) is 39.3 Å². The molecule has 1 aromatic carbocycles. The maximum atomic E-state index is 12.2. The number of benzene rings is 1. The smallest absolute Gasteiger partial charge is 0.225 e. The van der Waals surface area contributed by atoms with Crippen LogP contribution in [0.2, 0.25) is 0 Å². The molecule has 1 aliphatic carbocycles. The van der Waals surface area contributed by atoms with Crippen molar-refractivity contribution < 1.29 is 4.79 Å². The molecule has 4 rings (SSSR count). The van der Waals surface area contributed by atoms with Gasteiger partial charge in [-0.25, -0.2) is 0 Å². The molecule has 124 valence electrons. The van der Waals surface area contributed by atoms with Crippen LogP contribution < -0.4 is 5.32 Å². The van der Waals surface area contributed by atoms with Gasteiger partial charge in [-0.3, -0.25) is 9.69 Å². The fourth-order valence-electron chi connectivity index (χ4n) is 4.18. The van der Waals surface area contributed by atoms with E-state index < -0.39 is 0 Å². The zero-order valence-corrected chi connectivity index (χ0v) is 13.8. The Labute approximate surface area is 138 Å². The van der Waals surface area contributed by atoms with Crippen molar-refractivity contribution in [3.8, 4) is 0 Å². The molecule has 3 aliphatic rings. The third-order valence-corrected chi connectivity index (χ3v) is 5.69. The van der Waals surface area contributed by atoms with Crippen molar-refractivity contribution in [3.63, 3.8) is 0 Å². The summed E-state index contributed by atoms with van der Waals surface area (Å²) in [6.45, 7) is 6.07. The number of nitrogens with zero attached hydrogens (tertiary/aromatic N) is 2. The van der Waals surface area contributed by atoms with Crippen LogP contribution >= 0.6 is 0 Å². The van der Waals surface area contributed by atoms with E-state index in [4.69, 9.17) is 0 Å². The third kappa shape index (κ3) is 3.29. The van der Waals surface area contributed by atoms with E-state index in [9.17, 15) is 4.79 Å². The topological polar surface area (TPSA) is 35.6 Å². The average Bonchev–Trinajstić information content (AvgIpc) is 3.47. The molecule has 2 heterocycles. The predicted octanol–water partition coefficient (Wildman–Crippen LogP) is 1.69. The van der Waals surface area contributed by atoms with Gasteiger partial charge in [-0.15, -0.1) is 0 Å². The summed E-state index contributed by atoms with van der Waals surface area (Å²) in [5.74, 6) is 1.34. The number of piperidine rings is 1. The summed E-state index contributed by atoms with van der Waals surface area (Å²) in [7, 11) is 0. The molecule has 1 amide bonds. The van der Waals surface area contributed by atoms with Gasteiger partial charge in [0.15, 0.2) is 0 Å². The Bertz CT molecular complexity index is 535. The maximum Gasteiger partial charge on any atom is 0.225 e. The summed E-state index contributed by atoms with van der Waals surface area (Å²) >= 11 is 0. The Kier molecular flexibility index (Phi) is 4.36. The molecule has 1 aromatic rings. The van der Waals surface area contributed by atoms with Gasteiger partial charge in [0.1, 0.15) is 0 Å². The Morgan fingerprint density at radius 3 is 2.43 bits per heavy atom. The first-order chi connectivity index (χ1) is 11.3. The predicted molar refractivity (Wildman–Crippen MR) is 91.3 cm³/mol. The van der Waals surface area contributed by atoms with E-state index in [-0.39, 0.29) is 0 Å². The second-order valence-electron chi connectivity index (χ2n) is 7.21. The van der Waals surface area contributed by atoms with E-state index in [2.05, 4.69) is 45.4 Å². The summed E-state index contributed by atoms with van der Waals surface area (Å²) < 4.78 is 0. The highest BCUT2D eigenvalue weighted by Gasteiger charge is 2.37. The van der Waals surface area contributed by atoms with Gasteiger partial charge in [0.05, 0.1) is 0 Å². The van der Waals surface area contributed by atoms with Crippen molar-refractivity contribution in [2.45, 2.75) is 31.2 Å². The van der Waals surface area contributed by atoms with Gasteiger partial charge in [-0.1, -0.05) is 30.3 Å². The molecule has 2 saturated heterocycles. The second-order valence-corrected chi connectivity index (χ2v) is 7.21. The fraction of sp³-hybridized carbons (Fsp3) is 0.632. The number of amides is 1. The molecular formula is C19H27N3O. The quantitative estimate of drug-likeness (QED) is 0.922. The van der Waals surface area contributed by atoms with Crippen LogP contribution in [0, 0.1) is 5.92 Å². The van der Waals surface area contributed by atoms with Crippen LogP contribution in [0.15, 0.2) is 30.3 Å². The van der Waals surface area contributed by atoms with Gasteiger partial charge >= 0.3 is 0 Å². The summed E-state index contributed by atoms with van der Waals surface area (Å²) in [4.78, 5) is 17.0. The first-order valence-electron chi connectivity index (χ1n) is 9.11. The second kappa shape index (κ2) is 6.62. The molecule has 2 aliphatic heterocycles. The van der Waals surface area contributed by atoms with Crippen LogP contribution in [0.1, 0.15) is 30.7 Å². The maximum absolute atomic E-state index is 12.2. The average molecular weight is 313 g/mol. The molecule has 23 heavy (non-hydrogen) atoms. The summed E-state index contributed by atoms with van der Waals surface area (Å²) in [6.07, 6.45) is 3.43. The number of rotatable bonds is 3. The van der Waals surface area contributed by atoms with Crippen LogP contribution in [0.4, 0.5) is 0 Å². The molecule has 0 bridgehead atoms. The zero-order valence-electron chi connectivity index (χ0n) is 13.8. The molecule has 0 radical (unpaired) electrons. The van der Waals surface area contributed by atoms with E-state index in [0.717, 1.165) is 52.1 Å². The van der Waals surface area contributed by atoms with Gasteiger partial charge < -0.3 is 10.2 Å². The van der Waals surface area contributed by atoms with Crippen molar-refractivity contribution >= 4 is 5.91 Å². The van der Waals surface area contributed by atoms with Crippen molar-refractivity contribution in [1.29, 1.82) is 0 Å². The highest BCUT2D eigenvalue weighted by molar-refractivity contribution is 5.81. The Hall–Kier alpha value is -1.39. The van der Waals surface area contributed by atoms with Gasteiger partial charge in [-0.2, -0.15) is 0 Å². The van der Waals surface area contributed by atoms with Gasteiger partial charge in [0.25, 0.3) is 0 Å². The summed E-state index contributed by atoms with van der Waals surface area (Å²) in [6, 6.07) is 11.5. The number of hydrogen-bond acceptors (Lipinski definition) is 3. The molecule has 2 atom stereocenters. The lowest BCUT2D eigenvalue weighted by Gasteiger charge is -2.44. The minimum absolute atomic E-state index is 0.359. The first kappa shape index (κ1) is 15.2. The van der Waals surface area contributed by atoms with Crippen LogP contribution in [-0.2, 0) is 4.79 Å². The molecule has 0 aromatic heterocycles. The van der Waals surface area contributed by atoms with Crippen LogP contribution in [0.25, 0.3) is 0 Å². The summed E-state index contributed by atoms with van der Waals surface area (Å²) in [5, 5.41) is 3.56. The van der Waals surface area contributed by atoms with Crippen LogP contribution in [-0.4, -0.2) is 61.0 Å².